The van der Waals surface area contributed by atoms with Crippen molar-refractivity contribution in [3.8, 4) is 0 Å². The molecule has 0 aliphatic rings. The zero-order chi connectivity index (χ0) is 13.7. The molecule has 98 valence electrons. The number of aromatic nitrogens is 1. The third-order valence-corrected chi connectivity index (χ3v) is 2.63. The Kier molecular flexibility index (Phi) is 4.20. The highest BCUT2D eigenvalue weighted by Crippen LogP contribution is 2.04. The summed E-state index contributed by atoms with van der Waals surface area (Å²) in [5, 5.41) is 2.68. The number of carbonyl (C=O) groups excluding carboxylic acids is 1. The molecule has 4 nitrogen and oxygen atoms in total. The van der Waals surface area contributed by atoms with Gasteiger partial charge in [-0.05, 0) is 35.4 Å². The Balaban J connectivity index is 2.01. The van der Waals surface area contributed by atoms with Crippen molar-refractivity contribution in [2.24, 2.45) is 5.73 Å². The molecule has 0 fully saturated rings. The van der Waals surface area contributed by atoms with Crippen LogP contribution < -0.4 is 11.1 Å². The summed E-state index contributed by atoms with van der Waals surface area (Å²) < 4.78 is 13.0. The number of halogens is 1. The third kappa shape index (κ3) is 3.59. The maximum absolute atomic E-state index is 13.0. The molecule has 1 heterocycles. The van der Waals surface area contributed by atoms with Crippen molar-refractivity contribution in [3.63, 3.8) is 0 Å². The number of amides is 1. The van der Waals surface area contributed by atoms with E-state index in [1.54, 1.807) is 30.5 Å². The van der Waals surface area contributed by atoms with E-state index in [2.05, 4.69) is 10.3 Å². The van der Waals surface area contributed by atoms with E-state index in [1.807, 2.05) is 0 Å². The van der Waals surface area contributed by atoms with E-state index >= 15 is 0 Å². The van der Waals surface area contributed by atoms with Gasteiger partial charge in [0.1, 0.15) is 11.5 Å². The highest BCUT2D eigenvalue weighted by Gasteiger charge is 2.07. The first-order valence-electron chi connectivity index (χ1n) is 5.86. The van der Waals surface area contributed by atoms with Gasteiger partial charge in [-0.2, -0.15) is 0 Å². The van der Waals surface area contributed by atoms with Crippen LogP contribution in [0.1, 0.15) is 21.6 Å². The van der Waals surface area contributed by atoms with Crippen molar-refractivity contribution in [2.45, 2.75) is 13.1 Å². The molecule has 0 atom stereocenters. The van der Waals surface area contributed by atoms with E-state index in [9.17, 15) is 9.18 Å². The molecule has 1 amide bonds. The maximum Gasteiger partial charge on any atom is 0.270 e. The number of hydrogen-bond acceptors (Lipinski definition) is 3. The maximum atomic E-state index is 13.0. The van der Waals surface area contributed by atoms with Crippen molar-refractivity contribution in [3.05, 3.63) is 65.2 Å². The molecule has 19 heavy (non-hydrogen) atoms. The summed E-state index contributed by atoms with van der Waals surface area (Å²) in [4.78, 5) is 15.8. The normalized spacial score (nSPS) is 10.2. The average molecular weight is 259 g/mol. The molecule has 1 aromatic carbocycles. The van der Waals surface area contributed by atoms with Gasteiger partial charge >= 0.3 is 0 Å². The Morgan fingerprint density at radius 2 is 2.11 bits per heavy atom. The van der Waals surface area contributed by atoms with Crippen molar-refractivity contribution >= 4 is 5.91 Å². The Hall–Kier alpha value is -2.27. The lowest BCUT2D eigenvalue weighted by Crippen LogP contribution is -2.24. The van der Waals surface area contributed by atoms with Gasteiger partial charge in [0.15, 0.2) is 0 Å². The van der Waals surface area contributed by atoms with Gasteiger partial charge in [-0.15, -0.1) is 0 Å². The summed E-state index contributed by atoms with van der Waals surface area (Å²) in [5.74, 6) is -0.630. The minimum Gasteiger partial charge on any atom is -0.347 e. The van der Waals surface area contributed by atoms with Crippen molar-refractivity contribution in [1.29, 1.82) is 0 Å². The van der Waals surface area contributed by atoms with Crippen LogP contribution in [0.25, 0.3) is 0 Å². The van der Waals surface area contributed by atoms with Gasteiger partial charge in [0.2, 0.25) is 0 Å². The summed E-state index contributed by atoms with van der Waals surface area (Å²) >= 11 is 0. The first-order chi connectivity index (χ1) is 9.19. The lowest BCUT2D eigenvalue weighted by molar-refractivity contribution is 0.0945. The molecule has 2 aromatic rings. The van der Waals surface area contributed by atoms with Crippen LogP contribution in [-0.4, -0.2) is 10.9 Å². The molecule has 1 aromatic heterocycles. The number of nitrogens with two attached hydrogens (primary N) is 1. The topological polar surface area (TPSA) is 68.0 Å². The summed E-state index contributed by atoms with van der Waals surface area (Å²) in [6.07, 6.45) is 1.54. The van der Waals surface area contributed by atoms with E-state index in [1.165, 1.54) is 12.1 Å². The predicted molar refractivity (Wildman–Crippen MR) is 69.7 cm³/mol. The Morgan fingerprint density at radius 1 is 1.26 bits per heavy atom. The largest absolute Gasteiger partial charge is 0.347 e. The van der Waals surface area contributed by atoms with E-state index in [0.717, 1.165) is 5.56 Å². The highest BCUT2D eigenvalue weighted by molar-refractivity contribution is 5.92. The molecule has 0 aliphatic heterocycles. The molecule has 0 radical (unpaired) electrons. The lowest BCUT2D eigenvalue weighted by atomic mass is 10.2. The van der Waals surface area contributed by atoms with Crippen molar-refractivity contribution < 1.29 is 9.18 Å². The van der Waals surface area contributed by atoms with Crippen LogP contribution in [0.3, 0.4) is 0 Å². The van der Waals surface area contributed by atoms with Crippen LogP contribution in [0.15, 0.2) is 42.6 Å². The quantitative estimate of drug-likeness (QED) is 0.876. The predicted octanol–water partition coefficient (Wildman–Crippen LogP) is 1.61. The zero-order valence-corrected chi connectivity index (χ0v) is 10.3. The first kappa shape index (κ1) is 13.2. The molecular formula is C14H14FN3O. The Labute approximate surface area is 110 Å². The number of nitrogens with one attached hydrogen (secondary N) is 1. The number of carbonyl (C=O) groups is 1. The molecule has 3 N–H and O–H groups in total. The second kappa shape index (κ2) is 6.06. The smallest absolute Gasteiger partial charge is 0.270 e. The molecule has 0 saturated heterocycles. The second-order valence-corrected chi connectivity index (χ2v) is 4.07. The van der Waals surface area contributed by atoms with Crippen molar-refractivity contribution in [1.82, 2.24) is 10.3 Å². The number of pyridine rings is 1. The van der Waals surface area contributed by atoms with E-state index in [-0.39, 0.29) is 18.3 Å². The molecule has 0 spiro atoms. The lowest BCUT2D eigenvalue weighted by Gasteiger charge is -2.06. The molecule has 0 saturated carbocycles. The minimum absolute atomic E-state index is 0.255. The number of nitrogens with zero attached hydrogens (tertiary/aromatic N) is 1. The first-order valence-corrected chi connectivity index (χ1v) is 5.86. The van der Waals surface area contributed by atoms with E-state index in [4.69, 9.17) is 5.73 Å². The fourth-order valence-electron chi connectivity index (χ4n) is 1.65. The van der Waals surface area contributed by atoms with Gasteiger partial charge in [0.25, 0.3) is 5.91 Å². The summed E-state index contributed by atoms with van der Waals surface area (Å²) in [7, 11) is 0. The molecule has 5 heteroatoms. The Bertz CT molecular complexity index is 586. The Morgan fingerprint density at radius 3 is 2.84 bits per heavy atom. The van der Waals surface area contributed by atoms with Gasteiger partial charge in [-0.1, -0.05) is 12.1 Å². The van der Waals surface area contributed by atoms with Gasteiger partial charge < -0.3 is 11.1 Å². The zero-order valence-electron chi connectivity index (χ0n) is 10.3. The molecule has 0 unspecified atom stereocenters. The van der Waals surface area contributed by atoms with Gasteiger partial charge in [-0.3, -0.25) is 9.78 Å². The SMILES string of the molecule is NCc1ccnc(C(=O)NCc2cccc(F)c2)c1. The average Bonchev–Trinajstić information content (AvgIpc) is 2.45. The fraction of sp³-hybridized carbons (Fsp3) is 0.143. The summed E-state index contributed by atoms with van der Waals surface area (Å²) in [5.41, 5.74) is 7.34. The number of hydrogen-bond donors (Lipinski definition) is 2. The molecule has 0 bridgehead atoms. The van der Waals surface area contributed by atoms with Gasteiger partial charge in [-0.25, -0.2) is 4.39 Å². The highest BCUT2D eigenvalue weighted by atomic mass is 19.1. The van der Waals surface area contributed by atoms with Crippen LogP contribution >= 0.6 is 0 Å². The molecule has 0 aliphatic carbocycles. The van der Waals surface area contributed by atoms with Crippen LogP contribution in [0, 0.1) is 5.82 Å². The number of benzene rings is 1. The third-order valence-electron chi connectivity index (χ3n) is 2.63. The van der Waals surface area contributed by atoms with Gasteiger partial charge in [0.05, 0.1) is 0 Å². The van der Waals surface area contributed by atoms with Crippen LogP contribution in [0.2, 0.25) is 0 Å². The summed E-state index contributed by atoms with van der Waals surface area (Å²) in [6.45, 7) is 0.609. The van der Waals surface area contributed by atoms with Crippen molar-refractivity contribution in [2.75, 3.05) is 0 Å². The standard InChI is InChI=1S/C14H14FN3O/c15-12-3-1-2-11(6-12)9-18-14(19)13-7-10(8-16)4-5-17-13/h1-7H,8-9,16H2,(H,18,19). The van der Waals surface area contributed by atoms with E-state index in [0.29, 0.717) is 17.8 Å². The second-order valence-electron chi connectivity index (χ2n) is 4.07. The minimum atomic E-state index is -0.324. The summed E-state index contributed by atoms with van der Waals surface area (Å²) in [6, 6.07) is 9.48. The van der Waals surface area contributed by atoms with Crippen LogP contribution in [-0.2, 0) is 13.1 Å². The monoisotopic (exact) mass is 259 g/mol. The van der Waals surface area contributed by atoms with E-state index < -0.39 is 0 Å². The fourth-order valence-corrected chi connectivity index (χ4v) is 1.65. The van der Waals surface area contributed by atoms with Crippen LogP contribution in [0.5, 0.6) is 0 Å². The van der Waals surface area contributed by atoms with Crippen LogP contribution in [0.4, 0.5) is 4.39 Å². The molecular weight excluding hydrogens is 245 g/mol. The molecule has 2 rings (SSSR count). The number of rotatable bonds is 4. The van der Waals surface area contributed by atoms with Gasteiger partial charge in [0, 0.05) is 19.3 Å².